The molecule has 2 rings (SSSR count). The molecule has 1 saturated carbocycles. The van der Waals surface area contributed by atoms with E-state index in [1.165, 1.54) is 38.5 Å². The Balaban J connectivity index is 1.93. The van der Waals surface area contributed by atoms with Gasteiger partial charge in [0.15, 0.2) is 0 Å². The first kappa shape index (κ1) is 10.7. The van der Waals surface area contributed by atoms with E-state index in [-0.39, 0.29) is 0 Å². The smallest absolute Gasteiger partial charge is 0.448 e. The molecular weight excluding hydrogens is 194 g/mol. The van der Waals surface area contributed by atoms with Crippen LogP contribution in [0.4, 0.5) is 4.79 Å². The van der Waals surface area contributed by atoms with Crippen LogP contribution >= 0.6 is 0 Å². The molecule has 2 fully saturated rings. The Kier molecular flexibility index (Phi) is 3.14. The summed E-state index contributed by atoms with van der Waals surface area (Å²) in [6, 6.07) is 0. The number of hydrogen-bond donors (Lipinski definition) is 1. The summed E-state index contributed by atoms with van der Waals surface area (Å²) < 4.78 is 0. The van der Waals surface area contributed by atoms with Crippen LogP contribution in [0.25, 0.3) is 0 Å². The summed E-state index contributed by atoms with van der Waals surface area (Å²) in [4.78, 5) is 15.2. The van der Waals surface area contributed by atoms with E-state index < -0.39 is 6.16 Å². The van der Waals surface area contributed by atoms with Crippen LogP contribution in [0.15, 0.2) is 0 Å². The van der Waals surface area contributed by atoms with Gasteiger partial charge in [0.25, 0.3) is 0 Å². The second-order valence-corrected chi connectivity index (χ2v) is 4.88. The average molecular weight is 213 g/mol. The van der Waals surface area contributed by atoms with E-state index in [1.807, 2.05) is 0 Å². The van der Waals surface area contributed by atoms with Crippen molar-refractivity contribution in [2.45, 2.75) is 44.9 Å². The highest BCUT2D eigenvalue weighted by Gasteiger charge is 2.37. The molecule has 15 heavy (non-hydrogen) atoms. The van der Waals surface area contributed by atoms with Crippen LogP contribution in [-0.2, 0) is 4.84 Å². The van der Waals surface area contributed by atoms with Gasteiger partial charge in [0, 0.05) is 13.1 Å². The lowest BCUT2D eigenvalue weighted by Gasteiger charge is -2.43. The van der Waals surface area contributed by atoms with Gasteiger partial charge in [-0.05, 0) is 31.1 Å². The second kappa shape index (κ2) is 4.39. The van der Waals surface area contributed by atoms with Gasteiger partial charge in [-0.15, -0.1) is 5.06 Å². The monoisotopic (exact) mass is 213 g/mol. The fourth-order valence-corrected chi connectivity index (χ4v) is 3.06. The highest BCUT2D eigenvalue weighted by Crippen LogP contribution is 2.43. The van der Waals surface area contributed by atoms with Crippen molar-refractivity contribution in [2.24, 2.45) is 5.41 Å². The summed E-state index contributed by atoms with van der Waals surface area (Å²) in [5, 5.41) is 10.2. The van der Waals surface area contributed by atoms with Gasteiger partial charge in [0.2, 0.25) is 0 Å². The molecule has 0 atom stereocenters. The zero-order valence-electron chi connectivity index (χ0n) is 9.07. The van der Waals surface area contributed by atoms with Crippen molar-refractivity contribution in [2.75, 3.05) is 13.1 Å². The maximum absolute atomic E-state index is 10.5. The third kappa shape index (κ3) is 2.62. The molecule has 1 saturated heterocycles. The molecule has 0 aromatic carbocycles. The predicted molar refractivity (Wildman–Crippen MR) is 55.4 cm³/mol. The molecule has 0 bridgehead atoms. The Bertz CT molecular complexity index is 230. The molecule has 2 aliphatic rings. The minimum Gasteiger partial charge on any atom is -0.448 e. The third-order valence-corrected chi connectivity index (χ3v) is 3.75. The van der Waals surface area contributed by atoms with Crippen molar-refractivity contribution in [1.29, 1.82) is 0 Å². The Morgan fingerprint density at radius 2 is 1.80 bits per heavy atom. The third-order valence-electron chi connectivity index (χ3n) is 3.75. The van der Waals surface area contributed by atoms with Crippen LogP contribution in [-0.4, -0.2) is 29.4 Å². The summed E-state index contributed by atoms with van der Waals surface area (Å²) in [6.45, 7) is 1.56. The van der Waals surface area contributed by atoms with E-state index in [4.69, 9.17) is 9.94 Å². The first-order valence-corrected chi connectivity index (χ1v) is 5.86. The molecule has 1 heterocycles. The topological polar surface area (TPSA) is 49.8 Å². The van der Waals surface area contributed by atoms with Crippen LogP contribution in [0.1, 0.15) is 44.9 Å². The summed E-state index contributed by atoms with van der Waals surface area (Å²) in [5.41, 5.74) is 0.353. The van der Waals surface area contributed by atoms with Gasteiger partial charge in [-0.3, -0.25) is 0 Å². The lowest BCUT2D eigenvalue weighted by Crippen LogP contribution is -2.44. The van der Waals surface area contributed by atoms with Gasteiger partial charge in [0.05, 0.1) is 0 Å². The molecular formula is C11H19NO3. The van der Waals surface area contributed by atoms with Crippen molar-refractivity contribution < 1.29 is 14.7 Å². The molecule has 1 aliphatic carbocycles. The summed E-state index contributed by atoms with van der Waals surface area (Å²) in [6.07, 6.45) is 7.53. The van der Waals surface area contributed by atoms with Gasteiger partial charge < -0.3 is 9.94 Å². The Hall–Kier alpha value is -0.770. The average Bonchev–Trinajstić information content (AvgIpc) is 2.17. The lowest BCUT2D eigenvalue weighted by molar-refractivity contribution is -0.161. The number of hydrogen-bond acceptors (Lipinski definition) is 3. The normalized spacial score (nSPS) is 26.4. The molecule has 0 aromatic heterocycles. The first-order valence-electron chi connectivity index (χ1n) is 5.86. The zero-order valence-corrected chi connectivity index (χ0v) is 9.07. The molecule has 1 spiro atoms. The zero-order chi connectivity index (χ0) is 10.7. The lowest BCUT2D eigenvalue weighted by atomic mass is 9.69. The maximum atomic E-state index is 10.5. The fraction of sp³-hybridized carbons (Fsp3) is 0.909. The van der Waals surface area contributed by atoms with E-state index in [1.54, 1.807) is 5.06 Å². The van der Waals surface area contributed by atoms with Crippen molar-refractivity contribution in [3.63, 3.8) is 0 Å². The number of hydroxylamine groups is 2. The fourth-order valence-electron chi connectivity index (χ4n) is 3.06. The van der Waals surface area contributed by atoms with E-state index in [2.05, 4.69) is 0 Å². The molecule has 0 radical (unpaired) electrons. The molecule has 0 aromatic rings. The highest BCUT2D eigenvalue weighted by molar-refractivity contribution is 5.56. The van der Waals surface area contributed by atoms with Crippen LogP contribution in [0.2, 0.25) is 0 Å². The SMILES string of the molecule is O=C(O)ON1CCCC2(CCCCC2)C1. The second-order valence-electron chi connectivity index (χ2n) is 4.88. The van der Waals surface area contributed by atoms with Crippen molar-refractivity contribution in [1.82, 2.24) is 5.06 Å². The van der Waals surface area contributed by atoms with Gasteiger partial charge in [-0.25, -0.2) is 4.79 Å². The summed E-state index contributed by atoms with van der Waals surface area (Å²) >= 11 is 0. The predicted octanol–water partition coefficient (Wildman–Crippen LogP) is 2.64. The maximum Gasteiger partial charge on any atom is 0.525 e. The van der Waals surface area contributed by atoms with Gasteiger partial charge in [0.1, 0.15) is 0 Å². The summed E-state index contributed by atoms with van der Waals surface area (Å²) in [7, 11) is 0. The molecule has 4 heteroatoms. The molecule has 1 N–H and O–H groups in total. The van der Waals surface area contributed by atoms with E-state index in [9.17, 15) is 4.79 Å². The van der Waals surface area contributed by atoms with Crippen LogP contribution in [0, 0.1) is 5.41 Å². The molecule has 0 amide bonds. The molecule has 0 unspecified atom stereocenters. The van der Waals surface area contributed by atoms with Crippen molar-refractivity contribution in [3.8, 4) is 0 Å². The van der Waals surface area contributed by atoms with Crippen LogP contribution in [0.5, 0.6) is 0 Å². The quantitative estimate of drug-likeness (QED) is 0.727. The number of carbonyl (C=O) groups is 1. The number of piperidine rings is 1. The van der Waals surface area contributed by atoms with Crippen LogP contribution < -0.4 is 0 Å². The Labute approximate surface area is 90.2 Å². The number of carboxylic acid groups (broad SMARTS) is 1. The van der Waals surface area contributed by atoms with Crippen LogP contribution in [0.3, 0.4) is 0 Å². The molecule has 86 valence electrons. The number of rotatable bonds is 1. The first-order chi connectivity index (χ1) is 7.20. The minimum absolute atomic E-state index is 0.353. The summed E-state index contributed by atoms with van der Waals surface area (Å²) in [5.74, 6) is 0. The molecule has 4 nitrogen and oxygen atoms in total. The van der Waals surface area contributed by atoms with Crippen molar-refractivity contribution >= 4 is 6.16 Å². The van der Waals surface area contributed by atoms with Gasteiger partial charge in [-0.2, -0.15) is 0 Å². The van der Waals surface area contributed by atoms with E-state index in [0.717, 1.165) is 19.5 Å². The minimum atomic E-state index is -1.18. The largest absolute Gasteiger partial charge is 0.525 e. The van der Waals surface area contributed by atoms with E-state index >= 15 is 0 Å². The molecule has 1 aliphatic heterocycles. The standard InChI is InChI=1S/C11H19NO3/c13-10(14)15-12-8-4-7-11(9-12)5-2-1-3-6-11/h1-9H2,(H,13,14). The highest BCUT2D eigenvalue weighted by atomic mass is 16.8. The Morgan fingerprint density at radius 1 is 1.13 bits per heavy atom. The number of nitrogens with zero attached hydrogens (tertiary/aromatic N) is 1. The van der Waals surface area contributed by atoms with E-state index in [0.29, 0.717) is 5.41 Å². The van der Waals surface area contributed by atoms with Crippen molar-refractivity contribution in [3.05, 3.63) is 0 Å². The van der Waals surface area contributed by atoms with Gasteiger partial charge >= 0.3 is 6.16 Å². The Morgan fingerprint density at radius 3 is 2.47 bits per heavy atom. The van der Waals surface area contributed by atoms with Gasteiger partial charge in [-0.1, -0.05) is 19.3 Å².